The molecule has 0 unspecified atom stereocenters. The molecule has 8 aromatic rings. The molecule has 0 aromatic heterocycles. The second-order valence-electron chi connectivity index (χ2n) is 19.0. The van der Waals surface area contributed by atoms with Crippen molar-refractivity contribution >= 4 is 104 Å². The zero-order valence-corrected chi connectivity index (χ0v) is 37.4. The summed E-state index contributed by atoms with van der Waals surface area (Å²) in [5, 5.41) is 5.15. The van der Waals surface area contributed by atoms with Gasteiger partial charge in [-0.15, -0.1) is 0 Å². The molecule has 302 valence electrons. The molecule has 6 heteroatoms. The van der Waals surface area contributed by atoms with Crippen molar-refractivity contribution in [1.29, 1.82) is 0 Å². The smallest absolute Gasteiger partial charge is 0.175 e. The van der Waals surface area contributed by atoms with Crippen LogP contribution in [0.5, 0.6) is 0 Å². The fourth-order valence-electron chi connectivity index (χ4n) is 9.74. The van der Waals surface area contributed by atoms with E-state index in [1.165, 1.54) is 91.6 Å². The first kappa shape index (κ1) is 40.2. The Bertz CT molecular complexity index is 2650. The highest BCUT2D eigenvalue weighted by Crippen LogP contribution is 2.43. The van der Waals surface area contributed by atoms with E-state index in [0.717, 1.165) is 34.4 Å². The fourth-order valence-corrected chi connectivity index (χ4v) is 9.74. The zero-order valence-electron chi connectivity index (χ0n) is 37.4. The van der Waals surface area contributed by atoms with Gasteiger partial charge in [0.2, 0.25) is 0 Å². The van der Waals surface area contributed by atoms with E-state index in [2.05, 4.69) is 221 Å². The van der Waals surface area contributed by atoms with E-state index in [-0.39, 0.29) is 0 Å². The van der Waals surface area contributed by atoms with Gasteiger partial charge in [0.1, 0.15) is 0 Å². The lowest BCUT2D eigenvalue weighted by molar-refractivity contribution is 1.29. The van der Waals surface area contributed by atoms with Crippen molar-refractivity contribution in [3.8, 4) is 11.1 Å². The summed E-state index contributed by atoms with van der Waals surface area (Å²) in [4.78, 5) is 4.87. The Labute approximate surface area is 371 Å². The molecule has 2 fully saturated rings. The van der Waals surface area contributed by atoms with Crippen molar-refractivity contribution in [3.05, 3.63) is 170 Å². The number of fused-ring (bicyclic) bond motifs is 2. The first-order valence-electron chi connectivity index (χ1n) is 23.3. The van der Waals surface area contributed by atoms with Crippen LogP contribution >= 0.6 is 0 Å². The van der Waals surface area contributed by atoms with Crippen LogP contribution in [0.15, 0.2) is 170 Å². The van der Waals surface area contributed by atoms with Gasteiger partial charge in [0.15, 0.2) is 26.9 Å². The quantitative estimate of drug-likeness (QED) is 0.107. The summed E-state index contributed by atoms with van der Waals surface area (Å²) in [6.45, 7) is 16.0. The topological polar surface area (TPSA) is 6.48 Å². The third kappa shape index (κ3) is 8.01. The number of anilines is 6. The van der Waals surface area contributed by atoms with E-state index < -0.39 is 0 Å². The van der Waals surface area contributed by atoms with Gasteiger partial charge in [-0.2, -0.15) is 0 Å². The minimum atomic E-state index is 0.478. The van der Waals surface area contributed by atoms with Crippen molar-refractivity contribution in [3.63, 3.8) is 0 Å². The van der Waals surface area contributed by atoms with Crippen LogP contribution in [0.25, 0.3) is 32.7 Å². The lowest BCUT2D eigenvalue weighted by Crippen LogP contribution is -2.26. The molecular weight excluding hydrogens is 744 g/mol. The molecule has 0 N–H and O–H groups in total. The summed E-state index contributed by atoms with van der Waals surface area (Å²) >= 11 is 0. The molecule has 0 saturated heterocycles. The van der Waals surface area contributed by atoms with Crippen LogP contribution in [0.1, 0.15) is 25.7 Å². The molecule has 2 aliphatic rings. The van der Waals surface area contributed by atoms with Crippen molar-refractivity contribution < 1.29 is 0 Å². The van der Waals surface area contributed by atoms with Gasteiger partial charge in [-0.1, -0.05) is 209 Å². The molecule has 8 aromatic carbocycles. The normalized spacial score (nSPS) is 13.6. The predicted molar refractivity (Wildman–Crippen MR) is 279 cm³/mol. The van der Waals surface area contributed by atoms with E-state index in [1.807, 2.05) is 0 Å². The molecule has 0 radical (unpaired) electrons. The Morgan fingerprint density at radius 1 is 0.355 bits per heavy atom. The predicted octanol–water partition coefficient (Wildman–Crippen LogP) is 13.5. The van der Waals surface area contributed by atoms with Gasteiger partial charge in [0.25, 0.3) is 0 Å². The summed E-state index contributed by atoms with van der Waals surface area (Å²) < 4.78 is 0. The molecule has 10 rings (SSSR count). The minimum absolute atomic E-state index is 0.478. The molecule has 0 aliphatic heterocycles. The lowest BCUT2D eigenvalue weighted by Gasteiger charge is -2.28. The molecule has 0 heterocycles. The van der Waals surface area contributed by atoms with Crippen LogP contribution in [0.2, 0.25) is 52.6 Å². The Hall–Kier alpha value is -5.86. The number of benzene rings is 8. The van der Waals surface area contributed by atoms with E-state index in [9.17, 15) is 0 Å². The SMILES string of the molecule is CB(C)c1ccc(N(c2ccc(-c3ccc(N(c4ccc(B(C)C)cc4)c4cccc5cc(B(C)C6CC6)ccc45)cc3)cc2)c2cccc3cc(B(C)C4CC4)ccc23)cc1. The van der Waals surface area contributed by atoms with Crippen molar-refractivity contribution in [2.45, 2.75) is 78.3 Å². The Morgan fingerprint density at radius 2 is 0.677 bits per heavy atom. The maximum atomic E-state index is 2.44. The Balaban J connectivity index is 0.997. The summed E-state index contributed by atoms with van der Waals surface area (Å²) in [6.07, 6.45) is 5.43. The molecule has 2 nitrogen and oxygen atoms in total. The van der Waals surface area contributed by atoms with Gasteiger partial charge in [0, 0.05) is 33.5 Å². The van der Waals surface area contributed by atoms with E-state index in [1.54, 1.807) is 0 Å². The van der Waals surface area contributed by atoms with Gasteiger partial charge < -0.3 is 9.80 Å². The maximum Gasteiger partial charge on any atom is 0.175 e. The molecular formula is C56H56B4N2. The Kier molecular flexibility index (Phi) is 10.9. The third-order valence-corrected chi connectivity index (χ3v) is 14.2. The van der Waals surface area contributed by atoms with Crippen molar-refractivity contribution in [2.24, 2.45) is 0 Å². The van der Waals surface area contributed by atoms with Gasteiger partial charge >= 0.3 is 0 Å². The van der Waals surface area contributed by atoms with Gasteiger partial charge in [0.05, 0.1) is 11.4 Å². The van der Waals surface area contributed by atoms with Crippen LogP contribution in [-0.2, 0) is 0 Å². The maximum absolute atomic E-state index is 2.44. The highest BCUT2D eigenvalue weighted by Gasteiger charge is 2.33. The van der Waals surface area contributed by atoms with Gasteiger partial charge in [-0.05, 0) is 82.6 Å². The first-order valence-corrected chi connectivity index (χ1v) is 23.3. The molecule has 0 spiro atoms. The van der Waals surface area contributed by atoms with Gasteiger partial charge in [-0.3, -0.25) is 0 Å². The first-order chi connectivity index (χ1) is 30.2. The second kappa shape index (κ2) is 16.8. The minimum Gasteiger partial charge on any atom is -0.310 e. The average Bonchev–Trinajstić information content (AvgIpc) is 4.25. The van der Waals surface area contributed by atoms with E-state index >= 15 is 0 Å². The molecule has 0 atom stereocenters. The summed E-state index contributed by atoms with van der Waals surface area (Å²) in [5.41, 5.74) is 15.0. The van der Waals surface area contributed by atoms with Crippen LogP contribution in [-0.4, -0.2) is 26.9 Å². The number of rotatable bonds is 13. The van der Waals surface area contributed by atoms with Gasteiger partial charge in [-0.25, -0.2) is 0 Å². The van der Waals surface area contributed by atoms with E-state index in [4.69, 9.17) is 0 Å². The Morgan fingerprint density at radius 3 is 1.00 bits per heavy atom. The molecule has 2 aliphatic carbocycles. The number of hydrogen-bond donors (Lipinski definition) is 0. The molecule has 0 amide bonds. The van der Waals surface area contributed by atoms with Crippen molar-refractivity contribution in [1.82, 2.24) is 0 Å². The highest BCUT2D eigenvalue weighted by molar-refractivity contribution is 6.75. The molecule has 62 heavy (non-hydrogen) atoms. The largest absolute Gasteiger partial charge is 0.310 e. The zero-order chi connectivity index (χ0) is 42.5. The van der Waals surface area contributed by atoms with E-state index in [0.29, 0.717) is 26.9 Å². The number of nitrogens with zero attached hydrogens (tertiary/aromatic N) is 2. The standard InChI is InChI=1S/C56H56B4N2/c1-57(2)43-21-31-51(32-22-43)61(55-11-7-9-41-37-47(25-35-53(41)55)59(5)45-17-18-45)49-27-13-39(14-28-49)40-15-29-50(30-16-40)62(52-33-23-44(24-34-52)58(3)4)56-12-8-10-42-38-48(26-36-54(42)56)60(6)46-19-20-46/h7-16,21-38,45-46H,17-20H2,1-6H3. The van der Waals surface area contributed by atoms with Crippen molar-refractivity contribution in [2.75, 3.05) is 9.80 Å². The fraction of sp³-hybridized carbons (Fsp3) is 0.214. The van der Waals surface area contributed by atoms with Crippen LogP contribution in [0.3, 0.4) is 0 Å². The monoisotopic (exact) mass is 800 g/mol. The molecule has 2 saturated carbocycles. The lowest BCUT2D eigenvalue weighted by atomic mass is 9.43. The van der Waals surface area contributed by atoms with Crippen LogP contribution in [0.4, 0.5) is 34.1 Å². The third-order valence-electron chi connectivity index (χ3n) is 14.2. The summed E-state index contributed by atoms with van der Waals surface area (Å²) in [5.74, 6) is 1.67. The molecule has 0 bridgehead atoms. The number of hydrogen-bond acceptors (Lipinski definition) is 2. The van der Waals surface area contributed by atoms with Crippen LogP contribution < -0.4 is 31.7 Å². The summed E-state index contributed by atoms with van der Waals surface area (Å²) in [7, 11) is 0. The highest BCUT2D eigenvalue weighted by atomic mass is 15.1. The average molecular weight is 800 g/mol. The summed E-state index contributed by atoms with van der Waals surface area (Å²) in [6, 6.07) is 64.5. The van der Waals surface area contributed by atoms with Crippen LogP contribution in [0, 0.1) is 0 Å². The second-order valence-corrected chi connectivity index (χ2v) is 19.0.